The number of hydrogen-bond acceptors (Lipinski definition) is 4. The van der Waals surface area contributed by atoms with Crippen LogP contribution in [0.25, 0.3) is 0 Å². The molecule has 2 N–H and O–H groups in total. The molecule has 6 heteroatoms. The summed E-state index contributed by atoms with van der Waals surface area (Å²) in [6.45, 7) is 10.9. The van der Waals surface area contributed by atoms with Crippen molar-refractivity contribution in [2.45, 2.75) is 45.1 Å². The Morgan fingerprint density at radius 2 is 2.00 bits per heavy atom. The van der Waals surface area contributed by atoms with Crippen LogP contribution in [-0.2, 0) is 9.47 Å². The number of ether oxygens (including phenoxy) is 2. The molecule has 2 heterocycles. The van der Waals surface area contributed by atoms with E-state index in [0.717, 1.165) is 57.3 Å². The lowest BCUT2D eigenvalue weighted by molar-refractivity contribution is 0.131. The first-order valence-electron chi connectivity index (χ1n) is 10.3. The van der Waals surface area contributed by atoms with Crippen molar-refractivity contribution in [2.75, 3.05) is 59.2 Å². The molecule has 25 heavy (non-hydrogen) atoms. The third-order valence-corrected chi connectivity index (χ3v) is 5.37. The monoisotopic (exact) mass is 352 g/mol. The van der Waals surface area contributed by atoms with Gasteiger partial charge in [0.25, 0.3) is 0 Å². The van der Waals surface area contributed by atoms with E-state index in [1.165, 1.54) is 51.7 Å². The van der Waals surface area contributed by atoms with Crippen LogP contribution in [-0.4, -0.2) is 76.1 Å². The van der Waals surface area contributed by atoms with Crippen molar-refractivity contribution in [3.63, 3.8) is 0 Å². The molecule has 1 unspecified atom stereocenters. The van der Waals surface area contributed by atoms with Crippen LogP contribution in [0.15, 0.2) is 4.99 Å². The van der Waals surface area contributed by atoms with Gasteiger partial charge in [-0.1, -0.05) is 0 Å². The van der Waals surface area contributed by atoms with Gasteiger partial charge >= 0.3 is 0 Å². The quantitative estimate of drug-likeness (QED) is 0.374. The lowest BCUT2D eigenvalue weighted by Gasteiger charge is -2.34. The fourth-order valence-electron chi connectivity index (χ4n) is 3.62. The van der Waals surface area contributed by atoms with Crippen LogP contribution < -0.4 is 10.6 Å². The van der Waals surface area contributed by atoms with Crippen LogP contribution in [0.4, 0.5) is 0 Å². The largest absolute Gasteiger partial charge is 0.381 e. The van der Waals surface area contributed by atoms with Gasteiger partial charge in [0, 0.05) is 45.4 Å². The molecule has 6 nitrogen and oxygen atoms in total. The third kappa shape index (κ3) is 7.12. The van der Waals surface area contributed by atoms with Gasteiger partial charge in [0.15, 0.2) is 5.96 Å². The molecule has 0 aromatic rings. The summed E-state index contributed by atoms with van der Waals surface area (Å²) in [5.74, 6) is 2.52. The molecule has 0 radical (unpaired) electrons. The van der Waals surface area contributed by atoms with Crippen LogP contribution in [0.2, 0.25) is 0 Å². The van der Waals surface area contributed by atoms with E-state index >= 15 is 0 Å². The number of guanidine groups is 1. The minimum Gasteiger partial charge on any atom is -0.381 e. The van der Waals surface area contributed by atoms with Gasteiger partial charge < -0.3 is 25.0 Å². The fourth-order valence-corrected chi connectivity index (χ4v) is 3.62. The molecule has 0 bridgehead atoms. The summed E-state index contributed by atoms with van der Waals surface area (Å²) in [4.78, 5) is 7.27. The second-order valence-corrected chi connectivity index (χ2v) is 7.73. The van der Waals surface area contributed by atoms with Gasteiger partial charge in [-0.05, 0) is 50.9 Å². The second-order valence-electron chi connectivity index (χ2n) is 7.73. The van der Waals surface area contributed by atoms with E-state index in [1.807, 2.05) is 0 Å². The van der Waals surface area contributed by atoms with Gasteiger partial charge in [0.1, 0.15) is 0 Å². The summed E-state index contributed by atoms with van der Waals surface area (Å²) in [5.41, 5.74) is 0. The molecule has 1 atom stereocenters. The second kappa shape index (κ2) is 10.3. The van der Waals surface area contributed by atoms with E-state index in [1.54, 1.807) is 0 Å². The highest BCUT2D eigenvalue weighted by Crippen LogP contribution is 2.28. The zero-order valence-electron chi connectivity index (χ0n) is 15.8. The summed E-state index contributed by atoms with van der Waals surface area (Å²) in [5, 5.41) is 6.98. The lowest BCUT2D eigenvalue weighted by atomic mass is 10.0. The van der Waals surface area contributed by atoms with Gasteiger partial charge in [-0.2, -0.15) is 0 Å². The Morgan fingerprint density at radius 1 is 1.16 bits per heavy atom. The Hall–Kier alpha value is -0.850. The third-order valence-electron chi connectivity index (χ3n) is 5.37. The summed E-state index contributed by atoms with van der Waals surface area (Å²) < 4.78 is 11.2. The van der Waals surface area contributed by atoms with E-state index in [9.17, 15) is 0 Å². The van der Waals surface area contributed by atoms with Gasteiger partial charge in [-0.3, -0.25) is 4.99 Å². The molecular weight excluding hydrogens is 316 g/mol. The first-order chi connectivity index (χ1) is 12.3. The maximum absolute atomic E-state index is 5.67. The van der Waals surface area contributed by atoms with Crippen molar-refractivity contribution < 1.29 is 9.47 Å². The SMILES string of the molecule is CCNC(=NCCOCC1CC1)NC1CCN(CC2CCOC2)CC1. The normalized spacial score (nSPS) is 26.1. The van der Waals surface area contributed by atoms with Crippen molar-refractivity contribution in [1.82, 2.24) is 15.5 Å². The van der Waals surface area contributed by atoms with E-state index in [2.05, 4.69) is 27.4 Å². The molecule has 0 aromatic carbocycles. The number of nitrogens with zero attached hydrogens (tertiary/aromatic N) is 2. The van der Waals surface area contributed by atoms with Crippen molar-refractivity contribution in [1.29, 1.82) is 0 Å². The number of aliphatic imine (C=N–C) groups is 1. The molecule has 3 rings (SSSR count). The molecule has 1 saturated carbocycles. The molecule has 144 valence electrons. The Bertz CT molecular complexity index is 400. The molecule has 0 aromatic heterocycles. The number of nitrogens with one attached hydrogen (secondary N) is 2. The van der Waals surface area contributed by atoms with E-state index in [4.69, 9.17) is 9.47 Å². The van der Waals surface area contributed by atoms with Gasteiger partial charge in [-0.15, -0.1) is 0 Å². The minimum absolute atomic E-state index is 0.529. The molecule has 1 aliphatic carbocycles. The van der Waals surface area contributed by atoms with Gasteiger partial charge in [0.2, 0.25) is 0 Å². The molecule has 2 saturated heterocycles. The van der Waals surface area contributed by atoms with Gasteiger partial charge in [-0.25, -0.2) is 0 Å². The Balaban J connectivity index is 1.32. The van der Waals surface area contributed by atoms with Crippen molar-refractivity contribution in [3.05, 3.63) is 0 Å². The van der Waals surface area contributed by atoms with E-state index in [-0.39, 0.29) is 0 Å². The molecule has 0 amide bonds. The molecular formula is C19H36N4O2. The summed E-state index contributed by atoms with van der Waals surface area (Å²) in [6, 6.07) is 0.529. The van der Waals surface area contributed by atoms with Crippen LogP contribution in [0.1, 0.15) is 39.0 Å². The van der Waals surface area contributed by atoms with E-state index < -0.39 is 0 Å². The Kier molecular flexibility index (Phi) is 7.82. The van der Waals surface area contributed by atoms with Crippen molar-refractivity contribution in [3.8, 4) is 0 Å². The van der Waals surface area contributed by atoms with Crippen LogP contribution >= 0.6 is 0 Å². The number of rotatable bonds is 9. The van der Waals surface area contributed by atoms with Crippen molar-refractivity contribution in [2.24, 2.45) is 16.8 Å². The number of hydrogen-bond donors (Lipinski definition) is 2. The Morgan fingerprint density at radius 3 is 2.68 bits per heavy atom. The average molecular weight is 353 g/mol. The standard InChI is InChI=1S/C19H36N4O2/c1-2-20-19(21-8-12-25-14-16-3-4-16)22-18-5-9-23(10-6-18)13-17-7-11-24-15-17/h16-18H,2-15H2,1H3,(H2,20,21,22). The first-order valence-corrected chi connectivity index (χ1v) is 10.3. The Labute approximate surface area is 152 Å². The molecule has 3 fully saturated rings. The zero-order chi connectivity index (χ0) is 17.3. The lowest BCUT2D eigenvalue weighted by Crippen LogP contribution is -2.49. The average Bonchev–Trinajstić information content (AvgIpc) is 3.31. The predicted molar refractivity (Wildman–Crippen MR) is 101 cm³/mol. The summed E-state index contributed by atoms with van der Waals surface area (Å²) in [6.07, 6.45) is 6.31. The van der Waals surface area contributed by atoms with Crippen molar-refractivity contribution >= 4 is 5.96 Å². The predicted octanol–water partition coefficient (Wildman–Crippen LogP) is 1.47. The highest BCUT2D eigenvalue weighted by molar-refractivity contribution is 5.80. The highest BCUT2D eigenvalue weighted by atomic mass is 16.5. The minimum atomic E-state index is 0.529. The zero-order valence-corrected chi connectivity index (χ0v) is 15.8. The van der Waals surface area contributed by atoms with E-state index in [0.29, 0.717) is 6.04 Å². The highest BCUT2D eigenvalue weighted by Gasteiger charge is 2.24. The number of likely N-dealkylation sites (tertiary alicyclic amines) is 1. The fraction of sp³-hybridized carbons (Fsp3) is 0.947. The molecule has 0 spiro atoms. The maximum atomic E-state index is 5.67. The maximum Gasteiger partial charge on any atom is 0.191 e. The van der Waals surface area contributed by atoms with Crippen LogP contribution in [0.5, 0.6) is 0 Å². The smallest absolute Gasteiger partial charge is 0.191 e. The van der Waals surface area contributed by atoms with Crippen LogP contribution in [0.3, 0.4) is 0 Å². The number of piperidine rings is 1. The molecule has 2 aliphatic heterocycles. The summed E-state index contributed by atoms with van der Waals surface area (Å²) >= 11 is 0. The molecule has 3 aliphatic rings. The summed E-state index contributed by atoms with van der Waals surface area (Å²) in [7, 11) is 0. The first kappa shape index (κ1) is 18.9. The topological polar surface area (TPSA) is 58.1 Å². The van der Waals surface area contributed by atoms with Gasteiger partial charge in [0.05, 0.1) is 19.8 Å². The van der Waals surface area contributed by atoms with Crippen LogP contribution in [0, 0.1) is 11.8 Å².